The van der Waals surface area contributed by atoms with Gasteiger partial charge in [-0.25, -0.2) is 0 Å². The topological polar surface area (TPSA) is 82.6 Å². The van der Waals surface area contributed by atoms with E-state index < -0.39 is 0 Å². The molecular formula is C17H19N3O4S. The number of amides is 1. The molecule has 1 unspecified atom stereocenters. The predicted octanol–water partition coefficient (Wildman–Crippen LogP) is 3.06. The fourth-order valence-electron chi connectivity index (χ4n) is 2.46. The van der Waals surface area contributed by atoms with Crippen LogP contribution in [-0.2, 0) is 9.53 Å². The van der Waals surface area contributed by atoms with Crippen LogP contribution in [0.4, 0.5) is 5.13 Å². The maximum absolute atomic E-state index is 12.0. The molecule has 132 valence electrons. The van der Waals surface area contributed by atoms with Crippen molar-refractivity contribution in [3.8, 4) is 11.5 Å². The molecule has 1 N–H and O–H groups in total. The Morgan fingerprint density at radius 1 is 1.32 bits per heavy atom. The fraction of sp³-hybridized carbons (Fsp3) is 0.353. The standard InChI is InChI=1S/C17H19N3O4S/c1-22-12-7-5-11(10-14(12)23-2)6-8-15(21)18-17-20-19-16(25-17)13-4-3-9-24-13/h5-8,10,13H,3-4,9H2,1-2H3,(H,18,20,21)/b8-6+. The van der Waals surface area contributed by atoms with E-state index in [1.165, 1.54) is 17.4 Å². The lowest BCUT2D eigenvalue weighted by Gasteiger charge is -2.07. The molecule has 1 saturated heterocycles. The molecule has 0 aliphatic carbocycles. The molecular weight excluding hydrogens is 342 g/mol. The summed E-state index contributed by atoms with van der Waals surface area (Å²) in [7, 11) is 3.15. The monoisotopic (exact) mass is 361 g/mol. The average molecular weight is 361 g/mol. The van der Waals surface area contributed by atoms with Gasteiger partial charge in [0.15, 0.2) is 11.5 Å². The third-order valence-corrected chi connectivity index (χ3v) is 4.64. The Bertz CT molecular complexity index is 769. The van der Waals surface area contributed by atoms with Gasteiger partial charge in [-0.3, -0.25) is 10.1 Å². The number of anilines is 1. The van der Waals surface area contributed by atoms with Crippen LogP contribution in [0, 0.1) is 0 Å². The van der Waals surface area contributed by atoms with Gasteiger partial charge in [0.05, 0.1) is 14.2 Å². The van der Waals surface area contributed by atoms with Gasteiger partial charge in [-0.15, -0.1) is 10.2 Å². The van der Waals surface area contributed by atoms with E-state index in [1.54, 1.807) is 32.4 Å². The Kier molecular flexibility index (Phi) is 5.62. The van der Waals surface area contributed by atoms with Crippen molar-refractivity contribution in [2.75, 3.05) is 26.1 Å². The Balaban J connectivity index is 1.61. The minimum Gasteiger partial charge on any atom is -0.493 e. The van der Waals surface area contributed by atoms with Crippen LogP contribution < -0.4 is 14.8 Å². The third kappa shape index (κ3) is 4.34. The van der Waals surface area contributed by atoms with Gasteiger partial charge in [-0.05, 0) is 36.6 Å². The SMILES string of the molecule is COc1ccc(/C=C/C(=O)Nc2nnc(C3CCCO3)s2)cc1OC. The van der Waals surface area contributed by atoms with Crippen molar-refractivity contribution >= 4 is 28.5 Å². The van der Waals surface area contributed by atoms with Crippen LogP contribution in [0.15, 0.2) is 24.3 Å². The van der Waals surface area contributed by atoms with Crippen LogP contribution >= 0.6 is 11.3 Å². The highest BCUT2D eigenvalue weighted by Gasteiger charge is 2.22. The molecule has 0 spiro atoms. The number of hydrogen-bond donors (Lipinski definition) is 1. The van der Waals surface area contributed by atoms with E-state index in [4.69, 9.17) is 14.2 Å². The van der Waals surface area contributed by atoms with E-state index in [0.29, 0.717) is 16.6 Å². The van der Waals surface area contributed by atoms with Crippen molar-refractivity contribution in [3.63, 3.8) is 0 Å². The summed E-state index contributed by atoms with van der Waals surface area (Å²) in [6.45, 7) is 0.750. The Labute approximate surface area is 149 Å². The number of nitrogens with zero attached hydrogens (tertiary/aromatic N) is 2. The fourth-order valence-corrected chi connectivity index (χ4v) is 3.29. The van der Waals surface area contributed by atoms with Crippen LogP contribution in [-0.4, -0.2) is 36.9 Å². The molecule has 1 aliphatic rings. The maximum atomic E-state index is 12.0. The molecule has 8 heteroatoms. The first kappa shape index (κ1) is 17.4. The van der Waals surface area contributed by atoms with Gasteiger partial charge in [-0.2, -0.15) is 0 Å². The molecule has 7 nitrogen and oxygen atoms in total. The quantitative estimate of drug-likeness (QED) is 0.796. The van der Waals surface area contributed by atoms with Crippen molar-refractivity contribution in [2.45, 2.75) is 18.9 Å². The number of carbonyl (C=O) groups excluding carboxylic acids is 1. The smallest absolute Gasteiger partial charge is 0.250 e. The zero-order valence-corrected chi connectivity index (χ0v) is 14.8. The van der Waals surface area contributed by atoms with Crippen LogP contribution in [0.5, 0.6) is 11.5 Å². The first-order valence-corrected chi connectivity index (χ1v) is 8.67. The summed E-state index contributed by atoms with van der Waals surface area (Å²) in [5, 5.41) is 12.1. The Hall–Kier alpha value is -2.45. The summed E-state index contributed by atoms with van der Waals surface area (Å²) in [6.07, 6.45) is 5.11. The van der Waals surface area contributed by atoms with E-state index in [2.05, 4.69) is 15.5 Å². The Morgan fingerprint density at radius 3 is 2.88 bits per heavy atom. The summed E-state index contributed by atoms with van der Waals surface area (Å²) in [6, 6.07) is 5.42. The van der Waals surface area contributed by atoms with Gasteiger partial charge in [0, 0.05) is 12.7 Å². The summed E-state index contributed by atoms with van der Waals surface area (Å²) >= 11 is 1.34. The van der Waals surface area contributed by atoms with Crippen molar-refractivity contribution in [3.05, 3.63) is 34.8 Å². The van der Waals surface area contributed by atoms with E-state index in [1.807, 2.05) is 6.07 Å². The summed E-state index contributed by atoms with van der Waals surface area (Å²) in [4.78, 5) is 12.0. The van der Waals surface area contributed by atoms with Crippen LogP contribution in [0.25, 0.3) is 6.08 Å². The normalized spacial score (nSPS) is 17.0. The first-order chi connectivity index (χ1) is 12.2. The molecule has 25 heavy (non-hydrogen) atoms. The van der Waals surface area contributed by atoms with Crippen molar-refractivity contribution in [2.24, 2.45) is 0 Å². The summed E-state index contributed by atoms with van der Waals surface area (Å²) < 4.78 is 16.0. The summed E-state index contributed by atoms with van der Waals surface area (Å²) in [5.74, 6) is 0.972. The second-order valence-electron chi connectivity index (χ2n) is 5.38. The molecule has 1 aliphatic heterocycles. The van der Waals surface area contributed by atoms with Gasteiger partial charge < -0.3 is 14.2 Å². The lowest BCUT2D eigenvalue weighted by molar-refractivity contribution is -0.111. The largest absolute Gasteiger partial charge is 0.493 e. The number of benzene rings is 1. The highest BCUT2D eigenvalue weighted by atomic mass is 32.1. The number of nitrogens with one attached hydrogen (secondary N) is 1. The first-order valence-electron chi connectivity index (χ1n) is 7.85. The molecule has 3 rings (SSSR count). The Morgan fingerprint density at radius 2 is 2.16 bits per heavy atom. The molecule has 1 fully saturated rings. The predicted molar refractivity (Wildman–Crippen MR) is 95.0 cm³/mol. The lowest BCUT2D eigenvalue weighted by Crippen LogP contribution is -2.07. The van der Waals surface area contributed by atoms with Gasteiger partial charge in [0.25, 0.3) is 0 Å². The molecule has 1 amide bonds. The molecule has 0 saturated carbocycles. The van der Waals surface area contributed by atoms with Gasteiger partial charge >= 0.3 is 0 Å². The van der Waals surface area contributed by atoms with E-state index in [-0.39, 0.29) is 12.0 Å². The van der Waals surface area contributed by atoms with E-state index in [0.717, 1.165) is 30.0 Å². The van der Waals surface area contributed by atoms with Crippen LogP contribution in [0.1, 0.15) is 29.5 Å². The van der Waals surface area contributed by atoms with Crippen LogP contribution in [0.2, 0.25) is 0 Å². The van der Waals surface area contributed by atoms with Crippen molar-refractivity contribution in [1.82, 2.24) is 10.2 Å². The number of carbonyl (C=O) groups is 1. The van der Waals surface area contributed by atoms with Crippen molar-refractivity contribution < 1.29 is 19.0 Å². The minimum atomic E-state index is -0.273. The lowest BCUT2D eigenvalue weighted by atomic mass is 10.2. The van der Waals surface area contributed by atoms with E-state index in [9.17, 15) is 4.79 Å². The third-order valence-electron chi connectivity index (χ3n) is 3.71. The van der Waals surface area contributed by atoms with Crippen molar-refractivity contribution in [1.29, 1.82) is 0 Å². The highest BCUT2D eigenvalue weighted by molar-refractivity contribution is 7.15. The van der Waals surface area contributed by atoms with E-state index >= 15 is 0 Å². The molecule has 2 heterocycles. The van der Waals surface area contributed by atoms with Gasteiger partial charge in [0.1, 0.15) is 11.1 Å². The number of hydrogen-bond acceptors (Lipinski definition) is 7. The van der Waals surface area contributed by atoms with Gasteiger partial charge in [0.2, 0.25) is 11.0 Å². The number of ether oxygens (including phenoxy) is 3. The molecule has 0 radical (unpaired) electrons. The zero-order chi connectivity index (χ0) is 17.6. The number of rotatable bonds is 6. The summed E-state index contributed by atoms with van der Waals surface area (Å²) in [5.41, 5.74) is 0.824. The van der Waals surface area contributed by atoms with Gasteiger partial charge in [-0.1, -0.05) is 17.4 Å². The second kappa shape index (κ2) is 8.09. The maximum Gasteiger partial charge on any atom is 0.250 e. The molecule has 1 atom stereocenters. The zero-order valence-electron chi connectivity index (χ0n) is 14.0. The highest BCUT2D eigenvalue weighted by Crippen LogP contribution is 2.32. The molecule has 0 bridgehead atoms. The molecule has 2 aromatic rings. The van der Waals surface area contributed by atoms with Crippen LogP contribution in [0.3, 0.4) is 0 Å². The second-order valence-corrected chi connectivity index (χ2v) is 6.39. The molecule has 1 aromatic heterocycles. The minimum absolute atomic E-state index is 0.00505. The number of aromatic nitrogens is 2. The number of methoxy groups -OCH3 is 2. The average Bonchev–Trinajstić information content (AvgIpc) is 3.31. The molecule has 1 aromatic carbocycles.